The summed E-state index contributed by atoms with van der Waals surface area (Å²) in [6, 6.07) is 18.0. The molecule has 0 aliphatic carbocycles. The first kappa shape index (κ1) is 23.9. The number of aliphatic carboxylic acids is 1. The summed E-state index contributed by atoms with van der Waals surface area (Å²) in [5.41, 5.74) is 2.79. The zero-order chi connectivity index (χ0) is 24.2. The van der Waals surface area contributed by atoms with Crippen molar-refractivity contribution >= 4 is 35.3 Å². The molecule has 0 bridgehead atoms. The van der Waals surface area contributed by atoms with Crippen LogP contribution in [-0.2, 0) is 11.2 Å². The minimum absolute atomic E-state index is 0.280. The quantitative estimate of drug-likeness (QED) is 0.390. The van der Waals surface area contributed by atoms with Crippen LogP contribution in [0.1, 0.15) is 39.4 Å². The van der Waals surface area contributed by atoms with Gasteiger partial charge in [0, 0.05) is 35.5 Å². The molecule has 3 aromatic carbocycles. The SMILES string of the molecule is Cc1cc(C(=O)N(Cl)CCc2ccccc2)ccc1Oc1cc2c(cc1Cl)C(C(=O)O)CCO2. The Hall–Kier alpha value is -3.22. The fraction of sp³-hybridized carbons (Fsp3) is 0.231. The van der Waals surface area contributed by atoms with Crippen molar-refractivity contribution in [3.63, 3.8) is 0 Å². The maximum Gasteiger partial charge on any atom is 0.311 e. The monoisotopic (exact) mass is 499 g/mol. The van der Waals surface area contributed by atoms with Crippen LogP contribution in [0.15, 0.2) is 60.7 Å². The number of rotatable bonds is 7. The number of hydrogen-bond donors (Lipinski definition) is 1. The van der Waals surface area contributed by atoms with Gasteiger partial charge in [0.05, 0.1) is 17.5 Å². The van der Waals surface area contributed by atoms with Gasteiger partial charge in [0.2, 0.25) is 0 Å². The first-order valence-corrected chi connectivity index (χ1v) is 11.5. The molecular formula is C26H23Cl2NO5. The minimum atomic E-state index is -0.914. The summed E-state index contributed by atoms with van der Waals surface area (Å²) < 4.78 is 12.8. The van der Waals surface area contributed by atoms with Crippen molar-refractivity contribution in [1.82, 2.24) is 4.42 Å². The molecule has 1 amide bonds. The standard InChI is InChI=1S/C26H23Cl2NO5/c1-16-13-18(25(30)29(28)11-9-17-5-3-2-4-6-17)7-8-22(16)34-24-15-23-20(14-21(24)27)19(26(31)32)10-12-33-23/h2-8,13-15,19H,9-12H2,1H3,(H,31,32). The second kappa shape index (κ2) is 10.4. The van der Waals surface area contributed by atoms with Crippen LogP contribution in [0.4, 0.5) is 0 Å². The Balaban J connectivity index is 1.47. The molecule has 1 unspecified atom stereocenters. The largest absolute Gasteiger partial charge is 0.493 e. The van der Waals surface area contributed by atoms with Gasteiger partial charge in [-0.2, -0.15) is 0 Å². The van der Waals surface area contributed by atoms with Gasteiger partial charge in [-0.15, -0.1) is 0 Å². The lowest BCUT2D eigenvalue weighted by molar-refractivity contribution is -0.139. The Labute approximate surface area is 207 Å². The second-order valence-electron chi connectivity index (χ2n) is 8.06. The second-order valence-corrected chi connectivity index (χ2v) is 8.87. The summed E-state index contributed by atoms with van der Waals surface area (Å²) in [5.74, 6) is -0.582. The van der Waals surface area contributed by atoms with E-state index in [1.54, 1.807) is 30.3 Å². The van der Waals surface area contributed by atoms with E-state index in [9.17, 15) is 14.7 Å². The third-order valence-corrected chi connectivity index (χ3v) is 6.32. The number of nitrogens with zero attached hydrogens (tertiary/aromatic N) is 1. The Morgan fingerprint density at radius 3 is 2.59 bits per heavy atom. The average Bonchev–Trinajstić information content (AvgIpc) is 2.83. The molecule has 1 N–H and O–H groups in total. The van der Waals surface area contributed by atoms with E-state index in [2.05, 4.69) is 0 Å². The summed E-state index contributed by atoms with van der Waals surface area (Å²) in [5, 5.41) is 9.73. The van der Waals surface area contributed by atoms with Crippen LogP contribution < -0.4 is 9.47 Å². The molecule has 1 aliphatic heterocycles. The fourth-order valence-corrected chi connectivity index (χ4v) is 4.25. The van der Waals surface area contributed by atoms with E-state index >= 15 is 0 Å². The van der Waals surface area contributed by atoms with E-state index in [0.717, 1.165) is 11.1 Å². The predicted molar refractivity (Wildman–Crippen MR) is 130 cm³/mol. The zero-order valence-corrected chi connectivity index (χ0v) is 20.0. The lowest BCUT2D eigenvalue weighted by Gasteiger charge is -2.24. The lowest BCUT2D eigenvalue weighted by atomic mass is 9.93. The van der Waals surface area contributed by atoms with Crippen molar-refractivity contribution in [2.75, 3.05) is 13.2 Å². The third-order valence-electron chi connectivity index (χ3n) is 5.70. The number of amides is 1. The fourth-order valence-electron chi connectivity index (χ4n) is 3.85. The van der Waals surface area contributed by atoms with Crippen LogP contribution in [0.5, 0.6) is 17.2 Å². The highest BCUT2D eigenvalue weighted by molar-refractivity contribution is 6.32. The number of carbonyl (C=O) groups excluding carboxylic acids is 1. The van der Waals surface area contributed by atoms with E-state index in [1.165, 1.54) is 4.42 Å². The number of carboxylic acid groups (broad SMARTS) is 1. The molecule has 0 radical (unpaired) electrons. The van der Waals surface area contributed by atoms with E-state index in [4.69, 9.17) is 32.9 Å². The van der Waals surface area contributed by atoms with Crippen molar-refractivity contribution in [3.8, 4) is 17.2 Å². The van der Waals surface area contributed by atoms with Gasteiger partial charge < -0.3 is 14.6 Å². The Morgan fingerprint density at radius 1 is 1.12 bits per heavy atom. The molecule has 0 fully saturated rings. The van der Waals surface area contributed by atoms with Crippen LogP contribution in [0.3, 0.4) is 0 Å². The summed E-state index contributed by atoms with van der Waals surface area (Å²) in [6.45, 7) is 2.50. The number of carboxylic acids is 1. The minimum Gasteiger partial charge on any atom is -0.493 e. The topological polar surface area (TPSA) is 76.1 Å². The maximum atomic E-state index is 12.8. The molecule has 1 atom stereocenters. The van der Waals surface area contributed by atoms with E-state index in [-0.39, 0.29) is 10.9 Å². The summed E-state index contributed by atoms with van der Waals surface area (Å²) in [6.07, 6.45) is 1.04. The maximum absolute atomic E-state index is 12.8. The van der Waals surface area contributed by atoms with Crippen LogP contribution in [0.25, 0.3) is 0 Å². The van der Waals surface area contributed by atoms with Crippen molar-refractivity contribution in [2.45, 2.75) is 25.7 Å². The highest BCUT2D eigenvalue weighted by atomic mass is 35.5. The summed E-state index contributed by atoms with van der Waals surface area (Å²) in [7, 11) is 0. The summed E-state index contributed by atoms with van der Waals surface area (Å²) in [4.78, 5) is 24.3. The van der Waals surface area contributed by atoms with Gasteiger partial charge in [-0.3, -0.25) is 14.0 Å². The number of ether oxygens (including phenoxy) is 2. The zero-order valence-electron chi connectivity index (χ0n) is 18.5. The van der Waals surface area contributed by atoms with Gasteiger partial charge in [-0.05, 0) is 55.2 Å². The highest BCUT2D eigenvalue weighted by Gasteiger charge is 2.29. The van der Waals surface area contributed by atoms with E-state index in [0.29, 0.717) is 54.4 Å². The van der Waals surface area contributed by atoms with Crippen LogP contribution in [-0.4, -0.2) is 34.6 Å². The van der Waals surface area contributed by atoms with E-state index in [1.807, 2.05) is 37.3 Å². The molecule has 0 aromatic heterocycles. The van der Waals surface area contributed by atoms with Crippen molar-refractivity contribution in [3.05, 3.63) is 87.9 Å². The van der Waals surface area contributed by atoms with E-state index < -0.39 is 11.9 Å². The predicted octanol–water partition coefficient (Wildman–Crippen LogP) is 6.23. The van der Waals surface area contributed by atoms with Gasteiger partial charge in [-0.25, -0.2) is 0 Å². The molecule has 1 aliphatic rings. The smallest absolute Gasteiger partial charge is 0.311 e. The van der Waals surface area contributed by atoms with Crippen molar-refractivity contribution < 1.29 is 24.2 Å². The average molecular weight is 500 g/mol. The molecular weight excluding hydrogens is 477 g/mol. The molecule has 6 nitrogen and oxygen atoms in total. The molecule has 3 aromatic rings. The lowest BCUT2D eigenvalue weighted by Crippen LogP contribution is -2.24. The van der Waals surface area contributed by atoms with Crippen LogP contribution in [0, 0.1) is 6.92 Å². The number of aryl methyl sites for hydroxylation is 1. The van der Waals surface area contributed by atoms with Gasteiger partial charge in [0.1, 0.15) is 17.2 Å². The van der Waals surface area contributed by atoms with Crippen molar-refractivity contribution in [1.29, 1.82) is 0 Å². The highest BCUT2D eigenvalue weighted by Crippen LogP contribution is 2.42. The first-order chi connectivity index (χ1) is 16.3. The molecule has 0 saturated heterocycles. The Morgan fingerprint density at radius 2 is 1.88 bits per heavy atom. The summed E-state index contributed by atoms with van der Waals surface area (Å²) >= 11 is 12.6. The van der Waals surface area contributed by atoms with Gasteiger partial charge >= 0.3 is 5.97 Å². The Kier molecular flexibility index (Phi) is 7.29. The number of hydrogen-bond acceptors (Lipinski definition) is 4. The molecule has 0 spiro atoms. The normalized spacial score (nSPS) is 14.6. The molecule has 176 valence electrons. The van der Waals surface area contributed by atoms with Crippen molar-refractivity contribution in [2.24, 2.45) is 0 Å². The number of carbonyl (C=O) groups is 2. The number of benzene rings is 3. The number of halogens is 2. The molecule has 0 saturated carbocycles. The molecule has 34 heavy (non-hydrogen) atoms. The molecule has 4 rings (SSSR count). The number of fused-ring (bicyclic) bond motifs is 1. The van der Waals surface area contributed by atoms with Gasteiger partial charge in [0.15, 0.2) is 0 Å². The van der Waals surface area contributed by atoms with Crippen LogP contribution in [0.2, 0.25) is 5.02 Å². The molecule has 1 heterocycles. The van der Waals surface area contributed by atoms with Gasteiger partial charge in [-0.1, -0.05) is 41.9 Å². The van der Waals surface area contributed by atoms with Gasteiger partial charge in [0.25, 0.3) is 5.91 Å². The van der Waals surface area contributed by atoms with Crippen LogP contribution >= 0.6 is 23.4 Å². The first-order valence-electron chi connectivity index (χ1n) is 10.8. The molecule has 8 heteroatoms. The third kappa shape index (κ3) is 5.29. The Bertz CT molecular complexity index is 1220.